The van der Waals surface area contributed by atoms with Crippen LogP contribution in [0.5, 0.6) is 23.0 Å². The zero-order chi connectivity index (χ0) is 29.8. The van der Waals surface area contributed by atoms with Crippen LogP contribution < -0.4 is 24.7 Å². The molecule has 0 aromatic heterocycles. The van der Waals surface area contributed by atoms with E-state index in [-0.39, 0.29) is 32.8 Å². The van der Waals surface area contributed by atoms with Crippen molar-refractivity contribution in [3.05, 3.63) is 128 Å². The molecular formula is C33H26Cl2N2O5. The quantitative estimate of drug-likeness (QED) is 0.163. The standard InChI is InChI=1S/C33H26Cl2N2O5/c1-3-39-31-27(34)14-22(15-28(31)35)33(38)41-24-11-12-25-29(16-24)42-32(37)26(17-36)30(25)21-5-4-6-23(13-21)40-18-20-9-7-19(2)8-10-20/h4-16,30H,3,18,37H2,1-2H3. The fourth-order valence-corrected chi connectivity index (χ4v) is 5.20. The number of fused-ring (bicyclic) bond motifs is 1. The Morgan fingerprint density at radius 2 is 1.71 bits per heavy atom. The van der Waals surface area contributed by atoms with Crippen LogP contribution in [0.4, 0.5) is 0 Å². The monoisotopic (exact) mass is 600 g/mol. The maximum Gasteiger partial charge on any atom is 0.343 e. The van der Waals surface area contributed by atoms with E-state index in [4.69, 9.17) is 47.9 Å². The molecule has 1 unspecified atom stereocenters. The van der Waals surface area contributed by atoms with Crippen LogP contribution in [-0.4, -0.2) is 12.6 Å². The maximum absolute atomic E-state index is 12.9. The zero-order valence-corrected chi connectivity index (χ0v) is 24.3. The summed E-state index contributed by atoms with van der Waals surface area (Å²) in [6, 6.07) is 25.6. The van der Waals surface area contributed by atoms with Gasteiger partial charge in [-0.3, -0.25) is 0 Å². The third-order valence-corrected chi connectivity index (χ3v) is 7.20. The highest BCUT2D eigenvalue weighted by atomic mass is 35.5. The third-order valence-electron chi connectivity index (χ3n) is 6.64. The number of carbonyl (C=O) groups excluding carboxylic acids is 1. The first-order valence-electron chi connectivity index (χ1n) is 13.1. The van der Waals surface area contributed by atoms with Crippen molar-refractivity contribution >= 4 is 29.2 Å². The van der Waals surface area contributed by atoms with Gasteiger partial charge in [0.2, 0.25) is 5.88 Å². The number of nitriles is 1. The molecule has 0 fully saturated rings. The number of aryl methyl sites for hydroxylation is 1. The third kappa shape index (κ3) is 6.15. The molecule has 4 aromatic carbocycles. The van der Waals surface area contributed by atoms with Crippen LogP contribution in [0.3, 0.4) is 0 Å². The second kappa shape index (κ2) is 12.5. The molecule has 2 N–H and O–H groups in total. The Balaban J connectivity index is 1.40. The molecule has 1 atom stereocenters. The van der Waals surface area contributed by atoms with E-state index < -0.39 is 11.9 Å². The van der Waals surface area contributed by atoms with E-state index in [1.807, 2.05) is 55.5 Å². The summed E-state index contributed by atoms with van der Waals surface area (Å²) in [4.78, 5) is 12.9. The van der Waals surface area contributed by atoms with E-state index >= 15 is 0 Å². The summed E-state index contributed by atoms with van der Waals surface area (Å²) < 4.78 is 22.8. The van der Waals surface area contributed by atoms with Crippen LogP contribution in [0.1, 0.15) is 45.5 Å². The number of hydrogen-bond donors (Lipinski definition) is 1. The Morgan fingerprint density at radius 3 is 2.40 bits per heavy atom. The Kier molecular flexibility index (Phi) is 8.58. The number of ether oxygens (including phenoxy) is 4. The van der Waals surface area contributed by atoms with Gasteiger partial charge in [-0.2, -0.15) is 5.26 Å². The van der Waals surface area contributed by atoms with Crippen molar-refractivity contribution in [3.8, 4) is 29.1 Å². The van der Waals surface area contributed by atoms with Gasteiger partial charge in [0.25, 0.3) is 0 Å². The van der Waals surface area contributed by atoms with Gasteiger partial charge in [0.1, 0.15) is 35.5 Å². The van der Waals surface area contributed by atoms with Gasteiger partial charge in [0.05, 0.1) is 28.1 Å². The predicted molar refractivity (Wildman–Crippen MR) is 160 cm³/mol. The van der Waals surface area contributed by atoms with E-state index in [1.165, 1.54) is 17.7 Å². The average Bonchev–Trinajstić information content (AvgIpc) is 2.98. The molecule has 0 saturated carbocycles. The molecule has 0 saturated heterocycles. The van der Waals surface area contributed by atoms with Gasteiger partial charge in [-0.1, -0.05) is 71.2 Å². The van der Waals surface area contributed by atoms with Crippen molar-refractivity contribution in [2.24, 2.45) is 5.73 Å². The van der Waals surface area contributed by atoms with Gasteiger partial charge in [-0.25, -0.2) is 4.79 Å². The summed E-state index contributed by atoms with van der Waals surface area (Å²) in [5, 5.41) is 10.3. The maximum atomic E-state index is 12.9. The first kappa shape index (κ1) is 28.9. The molecule has 1 aliphatic heterocycles. The summed E-state index contributed by atoms with van der Waals surface area (Å²) in [6.07, 6.45) is 0. The van der Waals surface area contributed by atoms with Crippen LogP contribution in [0.15, 0.2) is 90.3 Å². The molecule has 1 heterocycles. The summed E-state index contributed by atoms with van der Waals surface area (Å²) in [5.74, 6) is 0.289. The number of nitrogens with zero attached hydrogens (tertiary/aromatic N) is 1. The number of hydrogen-bond acceptors (Lipinski definition) is 7. The SMILES string of the molecule is CCOc1c(Cl)cc(C(=O)Oc2ccc3c(c2)OC(N)=C(C#N)C3c2cccc(OCc3ccc(C)cc3)c2)cc1Cl. The Hall–Kier alpha value is -4.64. The number of nitrogens with two attached hydrogens (primary N) is 1. The van der Waals surface area contributed by atoms with Gasteiger partial charge in [-0.05, 0) is 55.3 Å². The van der Waals surface area contributed by atoms with Crippen molar-refractivity contribution in [1.29, 1.82) is 5.26 Å². The van der Waals surface area contributed by atoms with Gasteiger partial charge in [0, 0.05) is 11.6 Å². The van der Waals surface area contributed by atoms with Crippen molar-refractivity contribution in [1.82, 2.24) is 0 Å². The lowest BCUT2D eigenvalue weighted by molar-refractivity contribution is 0.0734. The predicted octanol–water partition coefficient (Wildman–Crippen LogP) is 7.72. The van der Waals surface area contributed by atoms with Crippen LogP contribution >= 0.6 is 23.2 Å². The molecule has 42 heavy (non-hydrogen) atoms. The van der Waals surface area contributed by atoms with E-state index in [0.29, 0.717) is 36.0 Å². The summed E-state index contributed by atoms with van der Waals surface area (Å²) in [7, 11) is 0. The van der Waals surface area contributed by atoms with Crippen LogP contribution in [0.2, 0.25) is 10.0 Å². The first-order chi connectivity index (χ1) is 20.3. The molecular weight excluding hydrogens is 575 g/mol. The largest absolute Gasteiger partial charge is 0.491 e. The molecule has 5 rings (SSSR count). The fourth-order valence-electron chi connectivity index (χ4n) is 4.60. The summed E-state index contributed by atoms with van der Waals surface area (Å²) in [6.45, 7) is 4.61. The van der Waals surface area contributed by atoms with Gasteiger partial charge in [-0.15, -0.1) is 0 Å². The Labute approximate surface area is 253 Å². The highest BCUT2D eigenvalue weighted by Crippen LogP contribution is 2.44. The first-order valence-corrected chi connectivity index (χ1v) is 13.9. The van der Waals surface area contributed by atoms with Gasteiger partial charge >= 0.3 is 5.97 Å². The smallest absolute Gasteiger partial charge is 0.343 e. The van der Waals surface area contributed by atoms with Crippen LogP contribution in [0.25, 0.3) is 0 Å². The van der Waals surface area contributed by atoms with Crippen molar-refractivity contribution < 1.29 is 23.7 Å². The minimum absolute atomic E-state index is 0.0328. The lowest BCUT2D eigenvalue weighted by Gasteiger charge is -2.27. The second-order valence-electron chi connectivity index (χ2n) is 9.56. The number of allylic oxidation sites excluding steroid dienone is 1. The van der Waals surface area contributed by atoms with Crippen LogP contribution in [-0.2, 0) is 6.61 Å². The highest BCUT2D eigenvalue weighted by Gasteiger charge is 2.31. The molecule has 0 spiro atoms. The fraction of sp³-hybridized carbons (Fsp3) is 0.152. The second-order valence-corrected chi connectivity index (χ2v) is 10.4. The van der Waals surface area contributed by atoms with E-state index in [0.717, 1.165) is 11.1 Å². The molecule has 0 aliphatic carbocycles. The lowest BCUT2D eigenvalue weighted by Crippen LogP contribution is -2.21. The van der Waals surface area contributed by atoms with Gasteiger partial charge in [0.15, 0.2) is 5.75 Å². The number of halogens is 2. The van der Waals surface area contributed by atoms with Crippen LogP contribution in [0, 0.1) is 18.3 Å². The minimum atomic E-state index is -0.672. The Morgan fingerprint density at radius 1 is 0.976 bits per heavy atom. The molecule has 1 aliphatic rings. The molecule has 212 valence electrons. The van der Waals surface area contributed by atoms with Crippen molar-refractivity contribution in [3.63, 3.8) is 0 Å². The van der Waals surface area contributed by atoms with E-state index in [9.17, 15) is 10.1 Å². The molecule has 4 aromatic rings. The van der Waals surface area contributed by atoms with E-state index in [1.54, 1.807) is 25.1 Å². The van der Waals surface area contributed by atoms with Crippen molar-refractivity contribution in [2.45, 2.75) is 26.4 Å². The normalized spacial score (nSPS) is 13.9. The molecule has 9 heteroatoms. The minimum Gasteiger partial charge on any atom is -0.491 e. The number of carbonyl (C=O) groups is 1. The summed E-state index contributed by atoms with van der Waals surface area (Å²) in [5.41, 5.74) is 10.3. The van der Waals surface area contributed by atoms with E-state index in [2.05, 4.69) is 6.07 Å². The Bertz CT molecular complexity index is 1700. The number of esters is 1. The topological polar surface area (TPSA) is 104 Å². The lowest BCUT2D eigenvalue weighted by atomic mass is 9.83. The molecule has 0 amide bonds. The molecule has 0 bridgehead atoms. The van der Waals surface area contributed by atoms with Crippen molar-refractivity contribution in [2.75, 3.05) is 6.61 Å². The number of rotatable bonds is 8. The summed E-state index contributed by atoms with van der Waals surface area (Å²) >= 11 is 12.5. The number of benzene rings is 4. The zero-order valence-electron chi connectivity index (χ0n) is 22.8. The highest BCUT2D eigenvalue weighted by molar-refractivity contribution is 6.37. The molecule has 7 nitrogen and oxygen atoms in total. The molecule has 0 radical (unpaired) electrons. The van der Waals surface area contributed by atoms with Gasteiger partial charge < -0.3 is 24.7 Å². The average molecular weight is 601 g/mol.